The Balaban J connectivity index is 1.98. The molecule has 0 unspecified atom stereocenters. The van der Waals surface area contributed by atoms with Crippen LogP contribution >= 0.6 is 0 Å². The van der Waals surface area contributed by atoms with Crippen LogP contribution in [0.1, 0.15) is 24.8 Å². The number of hydrogen-bond acceptors (Lipinski definition) is 2. The van der Waals surface area contributed by atoms with Crippen molar-refractivity contribution in [3.05, 3.63) is 35.4 Å². The summed E-state index contributed by atoms with van der Waals surface area (Å²) in [5.74, 6) is -0.855. The van der Waals surface area contributed by atoms with Gasteiger partial charge >= 0.3 is 0 Å². The number of hydrogen-bond donors (Lipinski definition) is 1. The van der Waals surface area contributed by atoms with Gasteiger partial charge in [0.15, 0.2) is 0 Å². The Kier molecular flexibility index (Phi) is 4.88. The van der Waals surface area contributed by atoms with E-state index in [0.717, 1.165) is 32.4 Å². The molecule has 1 aromatic carbocycles. The van der Waals surface area contributed by atoms with Crippen LogP contribution in [0.2, 0.25) is 0 Å². The molecule has 1 saturated carbocycles. The predicted molar refractivity (Wildman–Crippen MR) is 71.1 cm³/mol. The summed E-state index contributed by atoms with van der Waals surface area (Å²) in [4.78, 5) is 0. The quantitative estimate of drug-likeness (QED) is 0.768. The molecular formula is C15H21F2NO. The molecule has 1 aliphatic rings. The average Bonchev–Trinajstić information content (AvgIpc) is 2.35. The fourth-order valence-electron chi connectivity index (χ4n) is 2.70. The van der Waals surface area contributed by atoms with Crippen molar-refractivity contribution in [1.29, 1.82) is 0 Å². The van der Waals surface area contributed by atoms with E-state index in [0.29, 0.717) is 13.0 Å². The largest absolute Gasteiger partial charge is 0.383 e. The van der Waals surface area contributed by atoms with Crippen molar-refractivity contribution in [3.8, 4) is 0 Å². The first kappa shape index (κ1) is 14.4. The second-order valence-corrected chi connectivity index (χ2v) is 5.40. The van der Waals surface area contributed by atoms with Crippen LogP contribution in [0.25, 0.3) is 0 Å². The third-order valence-electron chi connectivity index (χ3n) is 4.01. The topological polar surface area (TPSA) is 21.3 Å². The zero-order chi connectivity index (χ0) is 13.7. The van der Waals surface area contributed by atoms with Gasteiger partial charge in [-0.2, -0.15) is 0 Å². The predicted octanol–water partition coefficient (Wildman–Crippen LogP) is 2.91. The molecule has 1 fully saturated rings. The van der Waals surface area contributed by atoms with Crippen LogP contribution in [-0.4, -0.2) is 26.8 Å². The highest BCUT2D eigenvalue weighted by Crippen LogP contribution is 2.43. The lowest BCUT2D eigenvalue weighted by atomic mass is 9.65. The van der Waals surface area contributed by atoms with Gasteiger partial charge < -0.3 is 10.1 Å². The second kappa shape index (κ2) is 6.44. The molecule has 2 nitrogen and oxygen atoms in total. The minimum atomic E-state index is -0.428. The van der Waals surface area contributed by atoms with E-state index in [4.69, 9.17) is 4.74 Å². The van der Waals surface area contributed by atoms with Gasteiger partial charge in [0, 0.05) is 25.8 Å². The molecule has 0 aliphatic heterocycles. The molecule has 1 aromatic rings. The molecule has 0 radical (unpaired) electrons. The van der Waals surface area contributed by atoms with Crippen molar-refractivity contribution >= 4 is 0 Å². The Labute approximate surface area is 113 Å². The van der Waals surface area contributed by atoms with E-state index in [-0.39, 0.29) is 11.0 Å². The number of rotatable bonds is 7. The highest BCUT2D eigenvalue weighted by atomic mass is 19.1. The molecule has 0 bridgehead atoms. The first-order valence-electron chi connectivity index (χ1n) is 6.79. The van der Waals surface area contributed by atoms with Crippen molar-refractivity contribution in [2.45, 2.75) is 25.7 Å². The van der Waals surface area contributed by atoms with Gasteiger partial charge in [0.2, 0.25) is 0 Å². The molecule has 4 heteroatoms. The van der Waals surface area contributed by atoms with Crippen molar-refractivity contribution in [2.75, 3.05) is 26.8 Å². The first-order chi connectivity index (χ1) is 9.17. The van der Waals surface area contributed by atoms with Crippen LogP contribution in [0.15, 0.2) is 18.2 Å². The number of nitrogens with one attached hydrogen (secondary N) is 1. The lowest BCUT2D eigenvalue weighted by Crippen LogP contribution is -2.42. The summed E-state index contributed by atoms with van der Waals surface area (Å²) in [6, 6.07) is 4.09. The van der Waals surface area contributed by atoms with Crippen molar-refractivity contribution in [2.24, 2.45) is 5.41 Å². The van der Waals surface area contributed by atoms with E-state index >= 15 is 0 Å². The zero-order valence-corrected chi connectivity index (χ0v) is 11.3. The van der Waals surface area contributed by atoms with Crippen molar-refractivity contribution in [3.63, 3.8) is 0 Å². The molecule has 0 heterocycles. The molecule has 0 aromatic heterocycles. The summed E-state index contributed by atoms with van der Waals surface area (Å²) in [6.45, 7) is 2.23. The number of benzene rings is 1. The fourth-order valence-corrected chi connectivity index (χ4v) is 2.70. The Morgan fingerprint density at radius 1 is 1.26 bits per heavy atom. The molecule has 0 spiro atoms. The molecule has 0 saturated heterocycles. The standard InChI is InChI=1S/C15H21F2NO/c1-19-9-8-18-11-15(6-3-7-15)10-12-13(16)4-2-5-14(12)17/h2,4-5,18H,3,6-11H2,1H3. The Bertz CT molecular complexity index is 398. The fraction of sp³-hybridized carbons (Fsp3) is 0.600. The van der Waals surface area contributed by atoms with Gasteiger partial charge in [-0.3, -0.25) is 0 Å². The van der Waals surface area contributed by atoms with E-state index in [1.807, 2.05) is 0 Å². The van der Waals surface area contributed by atoms with Gasteiger partial charge in [0.05, 0.1) is 6.61 Å². The van der Waals surface area contributed by atoms with E-state index < -0.39 is 11.6 Å². The number of halogens is 2. The van der Waals surface area contributed by atoms with Crippen molar-refractivity contribution in [1.82, 2.24) is 5.32 Å². The molecule has 0 atom stereocenters. The molecule has 19 heavy (non-hydrogen) atoms. The van der Waals surface area contributed by atoms with Gasteiger partial charge in [-0.15, -0.1) is 0 Å². The van der Waals surface area contributed by atoms with E-state index in [1.165, 1.54) is 18.2 Å². The zero-order valence-electron chi connectivity index (χ0n) is 11.3. The minimum absolute atomic E-state index is 0.0107. The monoisotopic (exact) mass is 269 g/mol. The summed E-state index contributed by atoms with van der Waals surface area (Å²) in [5, 5.41) is 3.32. The maximum absolute atomic E-state index is 13.7. The maximum Gasteiger partial charge on any atom is 0.129 e. The van der Waals surface area contributed by atoms with Crippen molar-refractivity contribution < 1.29 is 13.5 Å². The highest BCUT2D eigenvalue weighted by Gasteiger charge is 2.37. The molecule has 1 aliphatic carbocycles. The molecule has 106 valence electrons. The second-order valence-electron chi connectivity index (χ2n) is 5.40. The maximum atomic E-state index is 13.7. The molecule has 1 N–H and O–H groups in total. The van der Waals surface area contributed by atoms with Gasteiger partial charge in [0.25, 0.3) is 0 Å². The van der Waals surface area contributed by atoms with E-state index in [2.05, 4.69) is 5.32 Å². The lowest BCUT2D eigenvalue weighted by Gasteiger charge is -2.42. The van der Waals surface area contributed by atoms with Crippen LogP contribution in [-0.2, 0) is 11.2 Å². The SMILES string of the molecule is COCCNCC1(Cc2c(F)cccc2F)CCC1. The first-order valence-corrected chi connectivity index (χ1v) is 6.79. The molecule has 0 amide bonds. The Hall–Kier alpha value is -1.00. The van der Waals surface area contributed by atoms with Crippen LogP contribution < -0.4 is 5.32 Å². The minimum Gasteiger partial charge on any atom is -0.383 e. The van der Waals surface area contributed by atoms with Crippen LogP contribution in [0.3, 0.4) is 0 Å². The third kappa shape index (κ3) is 3.51. The van der Waals surface area contributed by atoms with Crippen LogP contribution in [0, 0.1) is 17.0 Å². The smallest absolute Gasteiger partial charge is 0.129 e. The normalized spacial score (nSPS) is 17.2. The number of methoxy groups -OCH3 is 1. The highest BCUT2D eigenvalue weighted by molar-refractivity contribution is 5.22. The summed E-state index contributed by atoms with van der Waals surface area (Å²) >= 11 is 0. The Morgan fingerprint density at radius 2 is 1.95 bits per heavy atom. The average molecular weight is 269 g/mol. The van der Waals surface area contributed by atoms with Gasteiger partial charge in [-0.05, 0) is 36.8 Å². The summed E-state index contributed by atoms with van der Waals surface area (Å²) in [5.41, 5.74) is 0.243. The third-order valence-corrected chi connectivity index (χ3v) is 4.01. The summed E-state index contributed by atoms with van der Waals surface area (Å²) in [6.07, 6.45) is 3.68. The summed E-state index contributed by atoms with van der Waals surface area (Å²) < 4.78 is 32.4. The van der Waals surface area contributed by atoms with Gasteiger partial charge in [-0.1, -0.05) is 12.5 Å². The molecule has 2 rings (SSSR count). The summed E-state index contributed by atoms with van der Waals surface area (Å²) in [7, 11) is 1.66. The van der Waals surface area contributed by atoms with Gasteiger partial charge in [-0.25, -0.2) is 8.78 Å². The van der Waals surface area contributed by atoms with Gasteiger partial charge in [0.1, 0.15) is 11.6 Å². The number of ether oxygens (including phenoxy) is 1. The Morgan fingerprint density at radius 3 is 2.47 bits per heavy atom. The molecular weight excluding hydrogens is 248 g/mol. The van der Waals surface area contributed by atoms with Crippen LogP contribution in [0.5, 0.6) is 0 Å². The lowest BCUT2D eigenvalue weighted by molar-refractivity contribution is 0.120. The van der Waals surface area contributed by atoms with E-state index in [9.17, 15) is 8.78 Å². The van der Waals surface area contributed by atoms with Crippen LogP contribution in [0.4, 0.5) is 8.78 Å². The van der Waals surface area contributed by atoms with E-state index in [1.54, 1.807) is 7.11 Å².